The molecule has 0 saturated carbocycles. The summed E-state index contributed by atoms with van der Waals surface area (Å²) in [5.74, 6) is -0.0592. The highest BCUT2D eigenvalue weighted by Gasteiger charge is 1.88. The second-order valence-corrected chi connectivity index (χ2v) is 3.52. The maximum atomic E-state index is 11.1. The summed E-state index contributed by atoms with van der Waals surface area (Å²) in [6.45, 7) is 4.61. The Hall–Kier alpha value is -1.83. The number of hydrogen-bond acceptors (Lipinski definition) is 1. The summed E-state index contributed by atoms with van der Waals surface area (Å²) in [7, 11) is 0. The summed E-state index contributed by atoms with van der Waals surface area (Å²) >= 11 is 0. The number of carbonyl (C=O) groups is 1. The molecule has 1 amide bonds. The molecule has 0 aromatic heterocycles. The van der Waals surface area contributed by atoms with Gasteiger partial charge in [-0.05, 0) is 19.4 Å². The third kappa shape index (κ3) is 4.60. The second kappa shape index (κ2) is 6.62. The van der Waals surface area contributed by atoms with Gasteiger partial charge >= 0.3 is 0 Å². The Labute approximate surface area is 96.7 Å². The highest BCUT2D eigenvalue weighted by Crippen LogP contribution is 2.04. The van der Waals surface area contributed by atoms with Crippen LogP contribution < -0.4 is 5.32 Å². The van der Waals surface area contributed by atoms with Crippen LogP contribution in [0.2, 0.25) is 0 Å². The molecule has 1 N–H and O–H groups in total. The fraction of sp³-hybridized carbons (Fsp3) is 0.214. The van der Waals surface area contributed by atoms with Gasteiger partial charge in [0.25, 0.3) is 0 Å². The van der Waals surface area contributed by atoms with Crippen LogP contribution in [-0.2, 0) is 4.79 Å². The van der Waals surface area contributed by atoms with Crippen LogP contribution in [0.4, 0.5) is 0 Å². The largest absolute Gasteiger partial charge is 0.353 e. The van der Waals surface area contributed by atoms with Crippen molar-refractivity contribution in [1.29, 1.82) is 0 Å². The Kier molecular flexibility index (Phi) is 5.06. The lowest BCUT2D eigenvalue weighted by Crippen LogP contribution is -2.19. The van der Waals surface area contributed by atoms with Gasteiger partial charge in [0.05, 0.1) is 0 Å². The molecule has 2 nitrogen and oxygen atoms in total. The minimum absolute atomic E-state index is 0.0592. The molecule has 0 saturated heterocycles. The van der Waals surface area contributed by atoms with E-state index in [1.165, 1.54) is 11.6 Å². The molecule has 1 aromatic rings. The molecule has 0 radical (unpaired) electrons. The third-order valence-electron chi connectivity index (χ3n) is 2.08. The number of hydrogen-bond donors (Lipinski definition) is 1. The zero-order chi connectivity index (χ0) is 11.8. The lowest BCUT2D eigenvalue weighted by atomic mass is 10.1. The van der Waals surface area contributed by atoms with Crippen LogP contribution in [-0.4, -0.2) is 12.5 Å². The molecular weight excluding hydrogens is 198 g/mol. The number of rotatable bonds is 4. The molecule has 0 aliphatic carbocycles. The van der Waals surface area contributed by atoms with Crippen molar-refractivity contribution in [2.45, 2.75) is 13.8 Å². The summed E-state index contributed by atoms with van der Waals surface area (Å²) in [4.78, 5) is 11.1. The Morgan fingerprint density at radius 1 is 1.25 bits per heavy atom. The summed E-state index contributed by atoms with van der Waals surface area (Å²) in [6.07, 6.45) is 7.09. The summed E-state index contributed by atoms with van der Waals surface area (Å²) in [6, 6.07) is 8.22. The number of likely N-dealkylation sites (N-methyl/N-ethyl adjacent to an activating group) is 1. The van der Waals surface area contributed by atoms with Crippen molar-refractivity contribution < 1.29 is 4.79 Å². The zero-order valence-corrected chi connectivity index (χ0v) is 9.73. The van der Waals surface area contributed by atoms with Crippen LogP contribution in [0.15, 0.2) is 42.5 Å². The molecular formula is C14H17NO. The highest BCUT2D eigenvalue weighted by molar-refractivity contribution is 5.87. The van der Waals surface area contributed by atoms with Gasteiger partial charge in [-0.25, -0.2) is 0 Å². The van der Waals surface area contributed by atoms with E-state index in [1.807, 2.05) is 31.2 Å². The normalized spacial score (nSPS) is 11.1. The first-order valence-corrected chi connectivity index (χ1v) is 5.41. The molecule has 0 aliphatic rings. The smallest absolute Gasteiger partial charge is 0.243 e. The van der Waals surface area contributed by atoms with Crippen molar-refractivity contribution in [3.63, 3.8) is 0 Å². The van der Waals surface area contributed by atoms with E-state index in [-0.39, 0.29) is 5.91 Å². The Morgan fingerprint density at radius 3 is 2.56 bits per heavy atom. The fourth-order valence-corrected chi connectivity index (χ4v) is 1.22. The molecule has 84 valence electrons. The molecule has 0 bridgehead atoms. The maximum absolute atomic E-state index is 11.1. The molecule has 0 unspecified atom stereocenters. The van der Waals surface area contributed by atoms with E-state index >= 15 is 0 Å². The van der Waals surface area contributed by atoms with Crippen LogP contribution in [0.3, 0.4) is 0 Å². The Morgan fingerprint density at radius 2 is 1.94 bits per heavy atom. The molecule has 1 rings (SSSR count). The van der Waals surface area contributed by atoms with Crippen LogP contribution in [0.1, 0.15) is 18.1 Å². The molecule has 1 aromatic carbocycles. The summed E-state index contributed by atoms with van der Waals surface area (Å²) in [5.41, 5.74) is 2.38. The van der Waals surface area contributed by atoms with Gasteiger partial charge in [-0.3, -0.25) is 4.79 Å². The molecule has 0 spiro atoms. The number of carbonyl (C=O) groups excluding carboxylic acids is 1. The molecule has 0 aliphatic heterocycles. The van der Waals surface area contributed by atoms with Crippen molar-refractivity contribution >= 4 is 12.0 Å². The minimum atomic E-state index is -0.0592. The van der Waals surface area contributed by atoms with Crippen LogP contribution in [0.25, 0.3) is 6.08 Å². The maximum Gasteiger partial charge on any atom is 0.243 e. The van der Waals surface area contributed by atoms with Gasteiger partial charge in [0.2, 0.25) is 5.91 Å². The van der Waals surface area contributed by atoms with Crippen LogP contribution >= 0.6 is 0 Å². The highest BCUT2D eigenvalue weighted by atomic mass is 16.1. The van der Waals surface area contributed by atoms with Gasteiger partial charge in [-0.2, -0.15) is 0 Å². The second-order valence-electron chi connectivity index (χ2n) is 3.52. The standard InChI is InChI=1S/C14H17NO/c1-3-15-14(16)7-5-4-6-13-10-8-12(2)9-11-13/h4-11H,3H2,1-2H3,(H,15,16)/b6-4+,7-5+. The van der Waals surface area contributed by atoms with E-state index in [4.69, 9.17) is 0 Å². The van der Waals surface area contributed by atoms with Gasteiger partial charge in [-0.1, -0.05) is 48.1 Å². The van der Waals surface area contributed by atoms with E-state index in [2.05, 4.69) is 24.4 Å². The van der Waals surface area contributed by atoms with E-state index < -0.39 is 0 Å². The number of nitrogens with one attached hydrogen (secondary N) is 1. The molecule has 16 heavy (non-hydrogen) atoms. The average molecular weight is 215 g/mol. The van der Waals surface area contributed by atoms with Crippen LogP contribution in [0, 0.1) is 6.92 Å². The summed E-state index contributed by atoms with van der Waals surface area (Å²) < 4.78 is 0. The Balaban J connectivity index is 2.48. The SMILES string of the molecule is CCNC(=O)/C=C/C=C/c1ccc(C)cc1. The van der Waals surface area contributed by atoms with E-state index in [0.717, 1.165) is 5.56 Å². The molecule has 0 heterocycles. The third-order valence-corrected chi connectivity index (χ3v) is 2.08. The Bertz CT molecular complexity index is 388. The number of amides is 1. The van der Waals surface area contributed by atoms with Gasteiger partial charge in [0.1, 0.15) is 0 Å². The van der Waals surface area contributed by atoms with Crippen LogP contribution in [0.5, 0.6) is 0 Å². The number of allylic oxidation sites excluding steroid dienone is 2. The van der Waals surface area contributed by atoms with Crippen molar-refractivity contribution in [1.82, 2.24) is 5.32 Å². The lowest BCUT2D eigenvalue weighted by molar-refractivity contribution is -0.116. The predicted octanol–water partition coefficient (Wildman–Crippen LogP) is 2.70. The first-order valence-electron chi connectivity index (χ1n) is 5.41. The van der Waals surface area contributed by atoms with E-state index in [1.54, 1.807) is 6.08 Å². The monoisotopic (exact) mass is 215 g/mol. The molecule has 0 fully saturated rings. The first-order chi connectivity index (χ1) is 7.72. The molecule has 0 atom stereocenters. The topological polar surface area (TPSA) is 29.1 Å². The fourth-order valence-electron chi connectivity index (χ4n) is 1.22. The first kappa shape index (κ1) is 12.2. The number of aryl methyl sites for hydroxylation is 1. The van der Waals surface area contributed by atoms with Gasteiger partial charge in [0.15, 0.2) is 0 Å². The van der Waals surface area contributed by atoms with E-state index in [9.17, 15) is 4.79 Å². The quantitative estimate of drug-likeness (QED) is 0.607. The van der Waals surface area contributed by atoms with Crippen molar-refractivity contribution in [2.24, 2.45) is 0 Å². The van der Waals surface area contributed by atoms with Crippen molar-refractivity contribution in [3.05, 3.63) is 53.6 Å². The van der Waals surface area contributed by atoms with Gasteiger partial charge < -0.3 is 5.32 Å². The minimum Gasteiger partial charge on any atom is -0.353 e. The van der Waals surface area contributed by atoms with Crippen molar-refractivity contribution in [3.8, 4) is 0 Å². The average Bonchev–Trinajstić information content (AvgIpc) is 2.27. The predicted molar refractivity (Wildman–Crippen MR) is 68.0 cm³/mol. The van der Waals surface area contributed by atoms with Crippen molar-refractivity contribution in [2.75, 3.05) is 6.54 Å². The zero-order valence-electron chi connectivity index (χ0n) is 9.73. The van der Waals surface area contributed by atoms with Gasteiger partial charge in [-0.15, -0.1) is 0 Å². The lowest BCUT2D eigenvalue weighted by Gasteiger charge is -1.94. The molecule has 2 heteroatoms. The van der Waals surface area contributed by atoms with Gasteiger partial charge in [0, 0.05) is 12.6 Å². The summed E-state index contributed by atoms with van der Waals surface area (Å²) in [5, 5.41) is 2.69. The van der Waals surface area contributed by atoms with E-state index in [0.29, 0.717) is 6.54 Å². The number of benzene rings is 1.